The fourth-order valence-electron chi connectivity index (χ4n) is 6.07. The molecule has 3 aliphatic rings. The minimum Gasteiger partial charge on any atom is -0.389 e. The number of piperidine rings is 3. The summed E-state index contributed by atoms with van der Waals surface area (Å²) in [5.41, 5.74) is 1.13. The van der Waals surface area contributed by atoms with Crippen LogP contribution in [-0.2, 0) is 14.4 Å². The number of benzene rings is 1. The molecular weight excluding hydrogens is 569 g/mol. The first kappa shape index (κ1) is 31.1. The van der Waals surface area contributed by atoms with Crippen LogP contribution >= 0.6 is 0 Å². The second kappa shape index (κ2) is 13.1. The van der Waals surface area contributed by atoms with E-state index < -0.39 is 23.4 Å². The number of hydrazine groups is 1. The van der Waals surface area contributed by atoms with Gasteiger partial charge in [0.25, 0.3) is 0 Å². The maximum absolute atomic E-state index is 15.1. The monoisotopic (exact) mass is 609 g/mol. The molecule has 0 bridgehead atoms. The van der Waals surface area contributed by atoms with Gasteiger partial charge in [-0.3, -0.25) is 29.4 Å². The highest BCUT2D eigenvalue weighted by Crippen LogP contribution is 2.33. The van der Waals surface area contributed by atoms with Gasteiger partial charge < -0.3 is 25.2 Å². The summed E-state index contributed by atoms with van der Waals surface area (Å²) >= 11 is 0. The van der Waals surface area contributed by atoms with Crippen LogP contribution in [-0.4, -0.2) is 94.1 Å². The second-order valence-corrected chi connectivity index (χ2v) is 11.9. The lowest BCUT2D eigenvalue weighted by atomic mass is 9.87. The minimum absolute atomic E-state index is 0.0283. The molecule has 3 aliphatic heterocycles. The van der Waals surface area contributed by atoms with Gasteiger partial charge in [-0.05, 0) is 57.0 Å². The highest BCUT2D eigenvalue weighted by atomic mass is 19.1. The van der Waals surface area contributed by atoms with Crippen molar-refractivity contribution in [3.05, 3.63) is 48.2 Å². The number of carbonyl (C=O) groups is 3. The normalized spacial score (nSPS) is 21.2. The third-order valence-corrected chi connectivity index (χ3v) is 8.63. The van der Waals surface area contributed by atoms with Gasteiger partial charge in [-0.2, -0.15) is 5.10 Å². The van der Waals surface area contributed by atoms with E-state index in [1.165, 1.54) is 11.1 Å². The zero-order valence-corrected chi connectivity index (χ0v) is 24.9. The number of aliphatic imine (C=N–C) groups is 1. The molecule has 2 aromatic rings. The summed E-state index contributed by atoms with van der Waals surface area (Å²) in [5, 5.41) is 22.4. The number of nitrogens with two attached hydrogens (primary N) is 1. The fraction of sp³-hybridized carbons (Fsp3) is 0.500. The number of nitrogens with zero attached hydrogens (tertiary/aromatic N) is 6. The standard InChI is InChI=1S/C30H40FN9O4/c1-33-25(19-37(2)32)20-17-34-40(18-20)22-7-11-39(12-8-22)28(42)16-30(44)9-13-38(14-10-30)26-5-3-21(15-23(26)31)35-24-4-6-27(41)36-29(24)43/h3,5,15,17-19,22,24,35,44H,1,4,6-14,16,32H2,2H3,(H,36,41,43)/b25-19-. The SMILES string of the molecule is C=N/C(=C\N(C)N)c1cnn(C2CCN(C(=O)CC3(O)CCN(c4ccc(NC5CCC(=O)NC5=O)cc4F)CC3)CC2)c1. The molecule has 14 heteroatoms. The van der Waals surface area contributed by atoms with E-state index in [1.807, 2.05) is 15.8 Å². The molecule has 1 aromatic carbocycles. The number of nitrogens with one attached hydrogen (secondary N) is 2. The van der Waals surface area contributed by atoms with Crippen molar-refractivity contribution in [1.82, 2.24) is 25.0 Å². The first-order valence-electron chi connectivity index (χ1n) is 14.9. The van der Waals surface area contributed by atoms with Crippen LogP contribution in [0.25, 0.3) is 5.70 Å². The lowest BCUT2D eigenvalue weighted by molar-refractivity contribution is -0.139. The highest BCUT2D eigenvalue weighted by molar-refractivity contribution is 6.01. The molecule has 5 N–H and O–H groups in total. The number of carbonyl (C=O) groups excluding carboxylic acids is 3. The van der Waals surface area contributed by atoms with Gasteiger partial charge in [-0.25, -0.2) is 10.2 Å². The molecular formula is C30H40FN9O4. The van der Waals surface area contributed by atoms with Gasteiger partial charge in [0.2, 0.25) is 17.7 Å². The van der Waals surface area contributed by atoms with E-state index >= 15 is 4.39 Å². The summed E-state index contributed by atoms with van der Waals surface area (Å²) in [6.45, 7) is 5.54. The van der Waals surface area contributed by atoms with Crippen LogP contribution in [0.5, 0.6) is 0 Å². The zero-order chi connectivity index (χ0) is 31.4. The molecule has 0 radical (unpaired) electrons. The average Bonchev–Trinajstić information content (AvgIpc) is 3.48. The molecule has 236 valence electrons. The Labute approximate surface area is 255 Å². The molecule has 3 amide bonds. The van der Waals surface area contributed by atoms with Crippen molar-refractivity contribution < 1.29 is 23.9 Å². The van der Waals surface area contributed by atoms with E-state index in [9.17, 15) is 19.5 Å². The summed E-state index contributed by atoms with van der Waals surface area (Å²) < 4.78 is 17.0. The lowest BCUT2D eigenvalue weighted by Crippen LogP contribution is -2.49. The molecule has 0 aliphatic carbocycles. The molecule has 1 aromatic heterocycles. The lowest BCUT2D eigenvalue weighted by Gasteiger charge is -2.40. The Morgan fingerprint density at radius 1 is 1.27 bits per heavy atom. The topological polar surface area (TPSA) is 161 Å². The molecule has 3 saturated heterocycles. The number of likely N-dealkylation sites (tertiary alicyclic amines) is 1. The smallest absolute Gasteiger partial charge is 0.249 e. The number of imide groups is 1. The molecule has 1 unspecified atom stereocenters. The highest BCUT2D eigenvalue weighted by Gasteiger charge is 2.37. The maximum Gasteiger partial charge on any atom is 0.249 e. The van der Waals surface area contributed by atoms with Crippen LogP contribution in [0.4, 0.5) is 15.8 Å². The Kier molecular flexibility index (Phi) is 9.30. The van der Waals surface area contributed by atoms with Crippen LogP contribution in [0.3, 0.4) is 0 Å². The van der Waals surface area contributed by atoms with Gasteiger partial charge in [-0.15, -0.1) is 0 Å². The number of aliphatic hydroxyl groups is 1. The quantitative estimate of drug-likeness (QED) is 0.143. The van der Waals surface area contributed by atoms with Gasteiger partial charge in [0.05, 0.1) is 35.6 Å². The summed E-state index contributed by atoms with van der Waals surface area (Å²) in [4.78, 5) is 44.2. The van der Waals surface area contributed by atoms with Crippen LogP contribution in [0.15, 0.2) is 41.8 Å². The van der Waals surface area contributed by atoms with Gasteiger partial charge in [-0.1, -0.05) is 0 Å². The van der Waals surface area contributed by atoms with E-state index in [1.54, 1.807) is 36.5 Å². The summed E-state index contributed by atoms with van der Waals surface area (Å²) in [6.07, 6.45) is 8.07. The molecule has 1 atom stereocenters. The number of anilines is 2. The van der Waals surface area contributed by atoms with Gasteiger partial charge in [0.15, 0.2) is 0 Å². The van der Waals surface area contributed by atoms with Crippen molar-refractivity contribution in [1.29, 1.82) is 0 Å². The Morgan fingerprint density at radius 2 is 2.00 bits per heavy atom. The van der Waals surface area contributed by atoms with E-state index in [0.29, 0.717) is 62.5 Å². The van der Waals surface area contributed by atoms with Crippen molar-refractivity contribution in [2.75, 3.05) is 43.4 Å². The molecule has 44 heavy (non-hydrogen) atoms. The van der Waals surface area contributed by atoms with Crippen molar-refractivity contribution in [2.24, 2.45) is 10.8 Å². The number of halogens is 1. The third kappa shape index (κ3) is 7.25. The fourth-order valence-corrected chi connectivity index (χ4v) is 6.07. The first-order chi connectivity index (χ1) is 21.0. The summed E-state index contributed by atoms with van der Waals surface area (Å²) in [7, 11) is 1.70. The first-order valence-corrected chi connectivity index (χ1v) is 14.9. The third-order valence-electron chi connectivity index (χ3n) is 8.63. The molecule has 5 rings (SSSR count). The summed E-state index contributed by atoms with van der Waals surface area (Å²) in [6, 6.07) is 4.22. The van der Waals surface area contributed by atoms with Crippen LogP contribution in [0, 0.1) is 5.82 Å². The molecule has 3 fully saturated rings. The predicted octanol–water partition coefficient (Wildman–Crippen LogP) is 1.63. The Morgan fingerprint density at radius 3 is 2.64 bits per heavy atom. The molecule has 0 spiro atoms. The van der Waals surface area contributed by atoms with Crippen LogP contribution in [0.2, 0.25) is 0 Å². The van der Waals surface area contributed by atoms with Crippen molar-refractivity contribution in [3.63, 3.8) is 0 Å². The molecule has 4 heterocycles. The van der Waals surface area contributed by atoms with Gasteiger partial charge in [0, 0.05) is 63.3 Å². The molecule has 0 saturated carbocycles. The largest absolute Gasteiger partial charge is 0.389 e. The molecule has 13 nitrogen and oxygen atoms in total. The zero-order valence-electron chi connectivity index (χ0n) is 24.9. The number of rotatable bonds is 9. The minimum atomic E-state index is -1.15. The van der Waals surface area contributed by atoms with E-state index in [2.05, 4.69) is 27.4 Å². The predicted molar refractivity (Wildman–Crippen MR) is 164 cm³/mol. The Bertz CT molecular complexity index is 1430. The number of hydrogen-bond donors (Lipinski definition) is 4. The number of aromatic nitrogens is 2. The van der Waals surface area contributed by atoms with E-state index in [4.69, 9.17) is 5.84 Å². The maximum atomic E-state index is 15.1. The van der Waals surface area contributed by atoms with Gasteiger partial charge >= 0.3 is 0 Å². The Balaban J connectivity index is 1.10. The second-order valence-electron chi connectivity index (χ2n) is 11.9. The van der Waals surface area contributed by atoms with E-state index in [0.717, 1.165) is 18.4 Å². The summed E-state index contributed by atoms with van der Waals surface area (Å²) in [5.74, 6) is 4.45. The number of amides is 3. The van der Waals surface area contributed by atoms with E-state index in [-0.39, 0.29) is 30.7 Å². The van der Waals surface area contributed by atoms with Crippen molar-refractivity contribution in [2.45, 2.75) is 62.6 Å². The van der Waals surface area contributed by atoms with Crippen molar-refractivity contribution in [3.8, 4) is 0 Å². The number of hydrogen-bond acceptors (Lipinski definition) is 10. The van der Waals surface area contributed by atoms with Gasteiger partial charge in [0.1, 0.15) is 11.9 Å². The van der Waals surface area contributed by atoms with Crippen molar-refractivity contribution >= 4 is 41.5 Å². The Hall–Kier alpha value is -4.30. The van der Waals surface area contributed by atoms with Crippen LogP contribution in [0.1, 0.15) is 56.6 Å². The van der Waals surface area contributed by atoms with Crippen LogP contribution < -0.4 is 21.4 Å². The average molecular weight is 610 g/mol.